The molecule has 3 N–H and O–H groups in total. The van der Waals surface area contributed by atoms with Gasteiger partial charge in [0.15, 0.2) is 5.11 Å². The number of rotatable bonds is 1. The van der Waals surface area contributed by atoms with E-state index in [2.05, 4.69) is 10.4 Å². The van der Waals surface area contributed by atoms with Gasteiger partial charge in [0.2, 0.25) is 0 Å². The summed E-state index contributed by atoms with van der Waals surface area (Å²) in [5.41, 5.74) is 8.77. The highest BCUT2D eigenvalue weighted by Gasteiger charge is 2.23. The largest absolute Gasteiger partial charge is 0.374 e. The van der Waals surface area contributed by atoms with E-state index in [0.717, 1.165) is 35.6 Å². The maximum absolute atomic E-state index is 5.89. The van der Waals surface area contributed by atoms with Gasteiger partial charge < -0.3 is 11.1 Å². The number of hydrogen-bond acceptors (Lipinski definition) is 3. The Hall–Kier alpha value is -1.59. The number of nitrogens with zero attached hydrogens (tertiary/aromatic N) is 2. The molecule has 0 fully saturated rings. The monoisotopic (exact) mass is 278 g/mol. The summed E-state index contributed by atoms with van der Waals surface area (Å²) in [4.78, 5) is 0. The van der Waals surface area contributed by atoms with Crippen LogP contribution >= 0.6 is 23.8 Å². The number of anilines is 1. The van der Waals surface area contributed by atoms with Crippen LogP contribution in [0.25, 0.3) is 11.3 Å². The van der Waals surface area contributed by atoms with Crippen molar-refractivity contribution < 1.29 is 0 Å². The molecular weight excluding hydrogens is 268 g/mol. The van der Waals surface area contributed by atoms with Crippen LogP contribution in [0.15, 0.2) is 24.3 Å². The maximum atomic E-state index is 5.89. The Balaban J connectivity index is 2.15. The molecule has 0 unspecified atom stereocenters. The van der Waals surface area contributed by atoms with E-state index in [9.17, 15) is 0 Å². The summed E-state index contributed by atoms with van der Waals surface area (Å²) in [5, 5.41) is 8.70. The van der Waals surface area contributed by atoms with Crippen LogP contribution in [-0.4, -0.2) is 21.4 Å². The van der Waals surface area contributed by atoms with Crippen LogP contribution in [0.4, 0.5) is 5.82 Å². The summed E-state index contributed by atoms with van der Waals surface area (Å²) in [5.74, 6) is 0.910. The lowest BCUT2D eigenvalue weighted by atomic mass is 10.1. The van der Waals surface area contributed by atoms with Gasteiger partial charge in [-0.25, -0.2) is 0 Å². The first-order chi connectivity index (χ1) is 8.66. The van der Waals surface area contributed by atoms with Crippen LogP contribution in [0.1, 0.15) is 5.56 Å². The Kier molecular flexibility index (Phi) is 2.72. The zero-order chi connectivity index (χ0) is 12.7. The standard InChI is InChI=1S/C12H11ClN4S/c13-8-3-1-7(2-4-8)10-9-5-6-15-11(9)17(16-10)12(14)18/h1-4,15H,5-6H2,(H2,14,18). The van der Waals surface area contributed by atoms with Crippen molar-refractivity contribution in [2.45, 2.75) is 6.42 Å². The second-order valence-electron chi connectivity index (χ2n) is 4.11. The number of halogens is 1. The molecular formula is C12H11ClN4S. The van der Waals surface area contributed by atoms with Crippen molar-refractivity contribution in [1.82, 2.24) is 9.78 Å². The van der Waals surface area contributed by atoms with E-state index in [1.807, 2.05) is 24.3 Å². The molecule has 0 amide bonds. The van der Waals surface area contributed by atoms with Gasteiger partial charge in [0.05, 0.1) is 5.69 Å². The predicted molar refractivity (Wildman–Crippen MR) is 77.1 cm³/mol. The lowest BCUT2D eigenvalue weighted by Gasteiger charge is -2.02. The second-order valence-corrected chi connectivity index (χ2v) is 4.96. The fourth-order valence-corrected chi connectivity index (χ4v) is 2.43. The Morgan fingerprint density at radius 3 is 2.78 bits per heavy atom. The van der Waals surface area contributed by atoms with Crippen LogP contribution in [-0.2, 0) is 6.42 Å². The number of nitrogens with one attached hydrogen (secondary N) is 1. The van der Waals surface area contributed by atoms with Crippen molar-refractivity contribution in [1.29, 1.82) is 0 Å². The molecule has 0 saturated heterocycles. The predicted octanol–water partition coefficient (Wildman–Crippen LogP) is 2.26. The minimum absolute atomic E-state index is 0.251. The third-order valence-corrected chi connectivity index (χ3v) is 3.40. The Labute approximate surface area is 115 Å². The van der Waals surface area contributed by atoms with Gasteiger partial charge in [-0.2, -0.15) is 9.78 Å². The van der Waals surface area contributed by atoms with Crippen molar-refractivity contribution in [2.24, 2.45) is 5.73 Å². The molecule has 6 heteroatoms. The molecule has 18 heavy (non-hydrogen) atoms. The van der Waals surface area contributed by atoms with Gasteiger partial charge in [-0.1, -0.05) is 23.7 Å². The number of thiocarbonyl (C=S) groups is 1. The van der Waals surface area contributed by atoms with E-state index in [-0.39, 0.29) is 5.11 Å². The minimum Gasteiger partial charge on any atom is -0.374 e. The Morgan fingerprint density at radius 2 is 2.11 bits per heavy atom. The Bertz CT molecular complexity index is 618. The summed E-state index contributed by atoms with van der Waals surface area (Å²) in [7, 11) is 0. The highest BCUT2D eigenvalue weighted by molar-refractivity contribution is 7.80. The fraction of sp³-hybridized carbons (Fsp3) is 0.167. The van der Waals surface area contributed by atoms with E-state index in [1.165, 1.54) is 0 Å². The molecule has 1 aromatic heterocycles. The van der Waals surface area contributed by atoms with Crippen LogP contribution < -0.4 is 11.1 Å². The molecule has 3 rings (SSSR count). The molecule has 4 nitrogen and oxygen atoms in total. The molecule has 1 aliphatic rings. The molecule has 92 valence electrons. The van der Waals surface area contributed by atoms with E-state index in [0.29, 0.717) is 5.02 Å². The average Bonchev–Trinajstić information content (AvgIpc) is 2.91. The summed E-state index contributed by atoms with van der Waals surface area (Å²) in [6, 6.07) is 7.61. The highest BCUT2D eigenvalue weighted by Crippen LogP contribution is 2.32. The number of hydrogen-bond donors (Lipinski definition) is 2. The summed E-state index contributed by atoms with van der Waals surface area (Å²) < 4.78 is 1.58. The minimum atomic E-state index is 0.251. The number of nitrogens with two attached hydrogens (primary N) is 1. The SMILES string of the molecule is NC(=S)n1nc(-c2ccc(Cl)cc2)c2c1NCC2. The van der Waals surface area contributed by atoms with Crippen molar-refractivity contribution in [3.8, 4) is 11.3 Å². The van der Waals surface area contributed by atoms with Gasteiger partial charge in [0, 0.05) is 22.7 Å². The van der Waals surface area contributed by atoms with Gasteiger partial charge >= 0.3 is 0 Å². The van der Waals surface area contributed by atoms with Gasteiger partial charge in [0.1, 0.15) is 5.82 Å². The number of fused-ring (bicyclic) bond motifs is 1. The number of aromatic nitrogens is 2. The van der Waals surface area contributed by atoms with Crippen LogP contribution in [0.3, 0.4) is 0 Å². The molecule has 0 bridgehead atoms. The van der Waals surface area contributed by atoms with E-state index >= 15 is 0 Å². The molecule has 0 aliphatic carbocycles. The fourth-order valence-electron chi connectivity index (χ4n) is 2.17. The van der Waals surface area contributed by atoms with Crippen LogP contribution in [0.2, 0.25) is 5.02 Å². The molecule has 1 aromatic carbocycles. The summed E-state index contributed by atoms with van der Waals surface area (Å²) in [6.45, 7) is 0.885. The van der Waals surface area contributed by atoms with Crippen LogP contribution in [0, 0.1) is 0 Å². The summed E-state index contributed by atoms with van der Waals surface area (Å²) in [6.07, 6.45) is 0.926. The molecule has 0 atom stereocenters. The third-order valence-electron chi connectivity index (χ3n) is 2.98. The Morgan fingerprint density at radius 1 is 1.39 bits per heavy atom. The van der Waals surface area contributed by atoms with E-state index in [1.54, 1.807) is 4.68 Å². The van der Waals surface area contributed by atoms with Gasteiger partial charge in [-0.05, 0) is 30.8 Å². The molecule has 1 aliphatic heterocycles. The lowest BCUT2D eigenvalue weighted by molar-refractivity contribution is 0.935. The average molecular weight is 279 g/mol. The normalized spacial score (nSPS) is 13.2. The first-order valence-electron chi connectivity index (χ1n) is 5.58. The topological polar surface area (TPSA) is 55.9 Å². The molecule has 0 saturated carbocycles. The van der Waals surface area contributed by atoms with Gasteiger partial charge in [-0.3, -0.25) is 0 Å². The molecule has 0 radical (unpaired) electrons. The third kappa shape index (κ3) is 1.76. The smallest absolute Gasteiger partial charge is 0.193 e. The quantitative estimate of drug-likeness (QED) is 0.786. The van der Waals surface area contributed by atoms with E-state index in [4.69, 9.17) is 29.6 Å². The highest BCUT2D eigenvalue weighted by atomic mass is 35.5. The zero-order valence-corrected chi connectivity index (χ0v) is 11.1. The van der Waals surface area contributed by atoms with Crippen molar-refractivity contribution >= 4 is 34.7 Å². The second kappa shape index (κ2) is 4.26. The molecule has 2 aromatic rings. The lowest BCUT2D eigenvalue weighted by Crippen LogP contribution is -2.22. The van der Waals surface area contributed by atoms with Crippen molar-refractivity contribution in [2.75, 3.05) is 11.9 Å². The van der Waals surface area contributed by atoms with E-state index < -0.39 is 0 Å². The van der Waals surface area contributed by atoms with Crippen molar-refractivity contribution in [3.63, 3.8) is 0 Å². The molecule has 2 heterocycles. The van der Waals surface area contributed by atoms with Gasteiger partial charge in [0.25, 0.3) is 0 Å². The maximum Gasteiger partial charge on any atom is 0.193 e. The van der Waals surface area contributed by atoms with Crippen LogP contribution in [0.5, 0.6) is 0 Å². The molecule has 0 spiro atoms. The zero-order valence-electron chi connectivity index (χ0n) is 9.48. The number of benzene rings is 1. The van der Waals surface area contributed by atoms with Gasteiger partial charge in [-0.15, -0.1) is 0 Å². The summed E-state index contributed by atoms with van der Waals surface area (Å²) >= 11 is 10.9. The first-order valence-corrected chi connectivity index (χ1v) is 6.37. The van der Waals surface area contributed by atoms with Crippen molar-refractivity contribution in [3.05, 3.63) is 34.9 Å². The first kappa shape index (κ1) is 11.5.